The van der Waals surface area contributed by atoms with E-state index in [4.69, 9.17) is 16.3 Å². The van der Waals surface area contributed by atoms with Gasteiger partial charge in [0, 0.05) is 28.3 Å². The lowest BCUT2D eigenvalue weighted by Crippen LogP contribution is -2.20. The zero-order valence-electron chi connectivity index (χ0n) is 15.3. The summed E-state index contributed by atoms with van der Waals surface area (Å²) in [5.41, 5.74) is 0.231. The zero-order chi connectivity index (χ0) is 21.7. The predicted octanol–water partition coefficient (Wildman–Crippen LogP) is 4.64. The molecule has 0 saturated heterocycles. The molecule has 0 aliphatic carbocycles. The number of carbonyl (C=O) groups is 2. The average Bonchev–Trinajstić information content (AvgIpc) is 2.74. The fourth-order valence-electron chi connectivity index (χ4n) is 2.53. The Balaban J connectivity index is 1.59. The van der Waals surface area contributed by atoms with Crippen molar-refractivity contribution in [2.45, 2.75) is 0 Å². The van der Waals surface area contributed by atoms with Crippen LogP contribution in [0.2, 0.25) is 5.02 Å². The van der Waals surface area contributed by atoms with Crippen LogP contribution >= 0.6 is 11.6 Å². The Hall–Kier alpha value is -3.78. The number of nitro groups is 1. The molecule has 30 heavy (non-hydrogen) atoms. The van der Waals surface area contributed by atoms with E-state index in [9.17, 15) is 24.1 Å². The van der Waals surface area contributed by atoms with Crippen molar-refractivity contribution in [2.75, 3.05) is 11.9 Å². The van der Waals surface area contributed by atoms with Crippen molar-refractivity contribution in [1.82, 2.24) is 0 Å². The van der Waals surface area contributed by atoms with Crippen LogP contribution < -0.4 is 10.1 Å². The third kappa shape index (κ3) is 5.18. The van der Waals surface area contributed by atoms with Gasteiger partial charge in [0.25, 0.3) is 11.6 Å². The number of anilines is 1. The molecule has 1 N–H and O–H groups in total. The molecule has 3 rings (SSSR count). The number of ketones is 1. The maximum atomic E-state index is 13.7. The summed E-state index contributed by atoms with van der Waals surface area (Å²) in [5, 5.41) is 13.5. The number of amides is 1. The molecule has 0 bridgehead atoms. The van der Waals surface area contributed by atoms with Gasteiger partial charge >= 0.3 is 0 Å². The van der Waals surface area contributed by atoms with E-state index in [1.54, 1.807) is 36.4 Å². The van der Waals surface area contributed by atoms with Crippen molar-refractivity contribution in [2.24, 2.45) is 0 Å². The molecule has 0 atom stereocenters. The van der Waals surface area contributed by atoms with Crippen LogP contribution in [0.1, 0.15) is 15.9 Å². The van der Waals surface area contributed by atoms with E-state index in [1.165, 1.54) is 12.1 Å². The Labute approximate surface area is 175 Å². The number of nitrogens with zero attached hydrogens (tertiary/aromatic N) is 1. The lowest BCUT2D eigenvalue weighted by atomic mass is 10.0. The zero-order valence-corrected chi connectivity index (χ0v) is 16.1. The first-order chi connectivity index (χ1) is 14.3. The molecule has 0 aliphatic heterocycles. The van der Waals surface area contributed by atoms with Gasteiger partial charge < -0.3 is 10.1 Å². The molecule has 0 saturated carbocycles. The highest BCUT2D eigenvalue weighted by Gasteiger charge is 2.14. The van der Waals surface area contributed by atoms with Crippen molar-refractivity contribution < 1.29 is 23.6 Å². The number of non-ortho nitro benzene ring substituents is 1. The number of nitrogens with one attached hydrogen (secondary N) is 1. The van der Waals surface area contributed by atoms with Gasteiger partial charge in [-0.05, 0) is 54.6 Å². The highest BCUT2D eigenvalue weighted by Crippen LogP contribution is 2.21. The van der Waals surface area contributed by atoms with Gasteiger partial charge in [-0.15, -0.1) is 0 Å². The van der Waals surface area contributed by atoms with E-state index in [1.807, 2.05) is 0 Å². The second-order valence-corrected chi connectivity index (χ2v) is 6.55. The third-order valence-corrected chi connectivity index (χ3v) is 4.28. The Morgan fingerprint density at radius 1 is 1.00 bits per heavy atom. The summed E-state index contributed by atoms with van der Waals surface area (Å²) < 4.78 is 19.0. The quantitative estimate of drug-likeness (QED) is 0.336. The smallest absolute Gasteiger partial charge is 0.271 e. The predicted molar refractivity (Wildman–Crippen MR) is 109 cm³/mol. The summed E-state index contributed by atoms with van der Waals surface area (Å²) in [6.07, 6.45) is 0. The van der Waals surface area contributed by atoms with Crippen LogP contribution in [0, 0.1) is 15.9 Å². The fraction of sp³-hybridized carbons (Fsp3) is 0.0476. The van der Waals surface area contributed by atoms with Crippen molar-refractivity contribution in [3.8, 4) is 5.75 Å². The van der Waals surface area contributed by atoms with E-state index >= 15 is 0 Å². The van der Waals surface area contributed by atoms with E-state index in [2.05, 4.69) is 5.32 Å². The van der Waals surface area contributed by atoms with Gasteiger partial charge in [-0.2, -0.15) is 0 Å². The number of carbonyl (C=O) groups excluding carboxylic acids is 2. The van der Waals surface area contributed by atoms with Crippen LogP contribution in [0.4, 0.5) is 15.8 Å². The van der Waals surface area contributed by atoms with Crippen LogP contribution in [0.15, 0.2) is 66.7 Å². The van der Waals surface area contributed by atoms with E-state index < -0.39 is 23.3 Å². The first kappa shape index (κ1) is 20.9. The second kappa shape index (κ2) is 9.15. The molecule has 0 aromatic heterocycles. The van der Waals surface area contributed by atoms with E-state index in [0.717, 1.165) is 18.2 Å². The maximum Gasteiger partial charge on any atom is 0.271 e. The van der Waals surface area contributed by atoms with Crippen LogP contribution in [0.25, 0.3) is 0 Å². The fourth-order valence-corrected chi connectivity index (χ4v) is 2.65. The molecule has 0 heterocycles. The minimum absolute atomic E-state index is 0.197. The van der Waals surface area contributed by atoms with Crippen LogP contribution in [0.5, 0.6) is 5.75 Å². The van der Waals surface area contributed by atoms with Crippen LogP contribution in [-0.2, 0) is 4.79 Å². The molecule has 0 fully saturated rings. The van der Waals surface area contributed by atoms with Gasteiger partial charge in [-0.1, -0.05) is 11.6 Å². The van der Waals surface area contributed by atoms with E-state index in [-0.39, 0.29) is 17.2 Å². The summed E-state index contributed by atoms with van der Waals surface area (Å²) in [6, 6.07) is 15.4. The highest BCUT2D eigenvalue weighted by molar-refractivity contribution is 6.30. The Kier molecular flexibility index (Phi) is 6.38. The standard InChI is InChI=1S/C21H14ClFN2O5/c22-15-5-1-13(2-6-15)21(27)14-3-8-17(9-4-14)30-12-20(26)24-19-11-16(25(28)29)7-10-18(19)23/h1-11H,12H2,(H,24,26). The summed E-state index contributed by atoms with van der Waals surface area (Å²) in [6.45, 7) is -0.452. The molecule has 1 amide bonds. The number of benzene rings is 3. The Morgan fingerprint density at radius 3 is 2.20 bits per heavy atom. The molecule has 0 spiro atoms. The number of nitro benzene ring substituents is 1. The largest absolute Gasteiger partial charge is 0.484 e. The molecule has 0 aliphatic rings. The molecule has 0 unspecified atom stereocenters. The van der Waals surface area contributed by atoms with Gasteiger partial charge in [-0.3, -0.25) is 19.7 Å². The average molecular weight is 429 g/mol. The van der Waals surface area contributed by atoms with Crippen LogP contribution in [0.3, 0.4) is 0 Å². The SMILES string of the molecule is O=C(COc1ccc(C(=O)c2ccc(Cl)cc2)cc1)Nc1cc([N+](=O)[O-])ccc1F. The Bertz CT molecular complexity index is 1100. The number of hydrogen-bond donors (Lipinski definition) is 1. The second-order valence-electron chi connectivity index (χ2n) is 6.12. The lowest BCUT2D eigenvalue weighted by Gasteiger charge is -2.09. The first-order valence-corrected chi connectivity index (χ1v) is 8.98. The van der Waals surface area contributed by atoms with Crippen molar-refractivity contribution >= 4 is 34.7 Å². The third-order valence-electron chi connectivity index (χ3n) is 4.03. The molecule has 0 radical (unpaired) electrons. The minimum Gasteiger partial charge on any atom is -0.484 e. The summed E-state index contributed by atoms with van der Waals surface area (Å²) >= 11 is 5.81. The summed E-state index contributed by atoms with van der Waals surface area (Å²) in [5.74, 6) is -1.39. The highest BCUT2D eigenvalue weighted by atomic mass is 35.5. The minimum atomic E-state index is -0.806. The van der Waals surface area contributed by atoms with Gasteiger partial charge in [0.05, 0.1) is 10.6 Å². The van der Waals surface area contributed by atoms with Crippen LogP contribution in [-0.4, -0.2) is 23.2 Å². The van der Waals surface area contributed by atoms with E-state index in [0.29, 0.717) is 21.9 Å². The van der Waals surface area contributed by atoms with Crippen molar-refractivity contribution in [1.29, 1.82) is 0 Å². The summed E-state index contributed by atoms with van der Waals surface area (Å²) in [7, 11) is 0. The number of ether oxygens (including phenoxy) is 1. The van der Waals surface area contributed by atoms with Gasteiger partial charge in [0.1, 0.15) is 11.6 Å². The molecule has 3 aromatic rings. The molecule has 3 aromatic carbocycles. The van der Waals surface area contributed by atoms with Crippen molar-refractivity contribution in [3.63, 3.8) is 0 Å². The monoisotopic (exact) mass is 428 g/mol. The molecule has 7 nitrogen and oxygen atoms in total. The Morgan fingerprint density at radius 2 is 1.60 bits per heavy atom. The molecular weight excluding hydrogens is 415 g/mol. The molecule has 152 valence electrons. The number of rotatable bonds is 7. The molecule has 9 heteroatoms. The maximum absolute atomic E-state index is 13.7. The number of halogens is 2. The summed E-state index contributed by atoms with van der Waals surface area (Å²) in [4.78, 5) is 34.4. The topological polar surface area (TPSA) is 98.5 Å². The lowest BCUT2D eigenvalue weighted by molar-refractivity contribution is -0.384. The first-order valence-electron chi connectivity index (χ1n) is 8.60. The van der Waals surface area contributed by atoms with Gasteiger partial charge in [-0.25, -0.2) is 4.39 Å². The van der Waals surface area contributed by atoms with Gasteiger partial charge in [0.15, 0.2) is 12.4 Å². The normalized spacial score (nSPS) is 10.3. The van der Waals surface area contributed by atoms with Gasteiger partial charge in [0.2, 0.25) is 0 Å². The van der Waals surface area contributed by atoms with Crippen molar-refractivity contribution in [3.05, 3.63) is 98.8 Å². The number of hydrogen-bond acceptors (Lipinski definition) is 5. The molecular formula is C21H14ClFN2O5.